The standard InChI is InChI=1S/C22H8/c1-4-7-9-11-13-15-17-19-21-22(6-3)20-18-16-14-12-10-8-5-2/h1H,2,6H2,3H3. The molecule has 0 aliphatic heterocycles. The normalized spacial score (nSPS) is 4.73. The molecule has 0 aliphatic carbocycles. The van der Waals surface area contributed by atoms with E-state index >= 15 is 0 Å². The predicted octanol–water partition coefficient (Wildman–Crippen LogP) is 2.84. The lowest BCUT2D eigenvalue weighted by molar-refractivity contribution is 1.17. The molecule has 0 aromatic rings. The minimum atomic E-state index is 0.696. The highest BCUT2D eigenvalue weighted by Crippen LogP contribution is 1.93. The van der Waals surface area contributed by atoms with Crippen LogP contribution in [0.25, 0.3) is 0 Å². The van der Waals surface area contributed by atoms with Gasteiger partial charge < -0.3 is 0 Å². The first-order valence-corrected chi connectivity index (χ1v) is 5.95. The maximum Gasteiger partial charge on any atom is 0.0536 e. The van der Waals surface area contributed by atoms with Crippen LogP contribution in [0.3, 0.4) is 0 Å². The molecule has 0 unspecified atom stereocenters. The minimum Gasteiger partial charge on any atom is -0.106 e. The topological polar surface area (TPSA) is 0 Å². The second kappa shape index (κ2) is 14.8. The highest BCUT2D eigenvalue weighted by atomic mass is 13.8. The molecular formula is C22H8. The summed E-state index contributed by atoms with van der Waals surface area (Å²) in [4.78, 5) is 0. The molecule has 0 atom stereocenters. The monoisotopic (exact) mass is 272 g/mol. The fourth-order valence-corrected chi connectivity index (χ4v) is 0.783. The van der Waals surface area contributed by atoms with Gasteiger partial charge in [0.05, 0.1) is 5.57 Å². The van der Waals surface area contributed by atoms with Gasteiger partial charge in [0.2, 0.25) is 0 Å². The number of rotatable bonds is 1. The largest absolute Gasteiger partial charge is 0.106 e. The van der Waals surface area contributed by atoms with E-state index in [0.717, 1.165) is 5.57 Å². The Kier molecular flexibility index (Phi) is 12.0. The SMILES string of the molecule is C#CC#CC#CC#CC#CC(=C=C=C=C=C=C=C=C=C)CC. The summed E-state index contributed by atoms with van der Waals surface area (Å²) in [6.07, 6.45) is 5.62. The predicted molar refractivity (Wildman–Crippen MR) is 87.5 cm³/mol. The van der Waals surface area contributed by atoms with Crippen molar-refractivity contribution in [1.82, 2.24) is 0 Å². The zero-order chi connectivity index (χ0) is 16.3. The van der Waals surface area contributed by atoms with Crippen LogP contribution in [0.5, 0.6) is 0 Å². The van der Waals surface area contributed by atoms with Crippen molar-refractivity contribution in [3.05, 3.63) is 58.0 Å². The number of allylic oxidation sites excluding steroid dienone is 1. The third kappa shape index (κ3) is 12.2. The average Bonchev–Trinajstić information content (AvgIpc) is 2.54. The molecule has 0 aromatic heterocycles. The second-order valence-corrected chi connectivity index (χ2v) is 3.03. The number of hydrogen-bond acceptors (Lipinski definition) is 0. The van der Waals surface area contributed by atoms with Crippen LogP contribution in [0, 0.1) is 59.7 Å². The Morgan fingerprint density at radius 1 is 0.773 bits per heavy atom. The first-order valence-electron chi connectivity index (χ1n) is 5.95. The summed E-state index contributed by atoms with van der Waals surface area (Å²) in [5.74, 6) is 22.5. The van der Waals surface area contributed by atoms with E-state index in [9.17, 15) is 0 Å². The summed E-state index contributed by atoms with van der Waals surface area (Å²) < 4.78 is 0. The quantitative estimate of drug-likeness (QED) is 0.508. The van der Waals surface area contributed by atoms with E-state index in [1.165, 1.54) is 0 Å². The molecule has 22 heavy (non-hydrogen) atoms. The van der Waals surface area contributed by atoms with Crippen LogP contribution in [0.4, 0.5) is 0 Å². The maximum atomic E-state index is 4.93. The molecule has 0 saturated carbocycles. The maximum absolute atomic E-state index is 4.93. The van der Waals surface area contributed by atoms with Crippen LogP contribution in [-0.4, -0.2) is 0 Å². The van der Waals surface area contributed by atoms with Gasteiger partial charge in [-0.15, -0.1) is 6.42 Å². The Hall–Kier alpha value is -4.22. The van der Waals surface area contributed by atoms with Crippen molar-refractivity contribution in [2.45, 2.75) is 13.3 Å². The van der Waals surface area contributed by atoms with Crippen LogP contribution in [-0.2, 0) is 0 Å². The van der Waals surface area contributed by atoms with Gasteiger partial charge in [0.15, 0.2) is 0 Å². The molecule has 0 heterocycles. The first-order chi connectivity index (χ1) is 10.8. The van der Waals surface area contributed by atoms with E-state index in [-0.39, 0.29) is 0 Å². The minimum absolute atomic E-state index is 0.696. The van der Waals surface area contributed by atoms with Crippen LogP contribution in [0.15, 0.2) is 58.0 Å². The van der Waals surface area contributed by atoms with Crippen LogP contribution < -0.4 is 0 Å². The lowest BCUT2D eigenvalue weighted by atomic mass is 10.2. The smallest absolute Gasteiger partial charge is 0.0536 e. The van der Waals surface area contributed by atoms with Gasteiger partial charge in [0.25, 0.3) is 0 Å². The molecule has 0 spiro atoms. The van der Waals surface area contributed by atoms with Crippen LogP contribution in [0.1, 0.15) is 13.3 Å². The molecular weight excluding hydrogens is 264 g/mol. The van der Waals surface area contributed by atoms with E-state index in [1.54, 1.807) is 0 Å². The lowest BCUT2D eigenvalue weighted by Crippen LogP contribution is -1.69. The van der Waals surface area contributed by atoms with Gasteiger partial charge in [-0.25, -0.2) is 0 Å². The van der Waals surface area contributed by atoms with E-state index < -0.39 is 0 Å². The molecule has 0 saturated heterocycles. The third-order valence-electron chi connectivity index (χ3n) is 1.63. The highest BCUT2D eigenvalue weighted by Gasteiger charge is 1.81. The van der Waals surface area contributed by atoms with Gasteiger partial charge in [-0.3, -0.25) is 0 Å². The molecule has 96 valence electrons. The van der Waals surface area contributed by atoms with Crippen molar-refractivity contribution < 1.29 is 0 Å². The van der Waals surface area contributed by atoms with Crippen molar-refractivity contribution in [3.8, 4) is 59.7 Å². The van der Waals surface area contributed by atoms with Crippen molar-refractivity contribution in [2.75, 3.05) is 0 Å². The van der Waals surface area contributed by atoms with Gasteiger partial charge >= 0.3 is 0 Å². The van der Waals surface area contributed by atoms with Crippen molar-refractivity contribution in [2.24, 2.45) is 0 Å². The van der Waals surface area contributed by atoms with E-state index in [2.05, 4.69) is 106 Å². The van der Waals surface area contributed by atoms with Gasteiger partial charge in [-0.1, -0.05) is 12.7 Å². The summed E-state index contributed by atoms with van der Waals surface area (Å²) in [6, 6.07) is 0. The molecule has 0 radical (unpaired) electrons. The molecule has 0 nitrogen and oxygen atoms in total. The molecule has 0 aliphatic rings. The highest BCUT2D eigenvalue weighted by molar-refractivity contribution is 5.43. The van der Waals surface area contributed by atoms with Gasteiger partial charge in [0.1, 0.15) is 0 Å². The average molecular weight is 272 g/mol. The van der Waals surface area contributed by atoms with Gasteiger partial charge in [0, 0.05) is 0 Å². The molecule has 0 aromatic carbocycles. The fourth-order valence-electron chi connectivity index (χ4n) is 0.783. The van der Waals surface area contributed by atoms with Crippen LogP contribution >= 0.6 is 0 Å². The number of hydrogen-bond donors (Lipinski definition) is 0. The van der Waals surface area contributed by atoms with E-state index in [1.807, 2.05) is 6.92 Å². The Bertz CT molecular complexity index is 1020. The summed E-state index contributed by atoms with van der Waals surface area (Å²) in [7, 11) is 0. The first kappa shape index (κ1) is 17.8. The van der Waals surface area contributed by atoms with Crippen molar-refractivity contribution in [3.63, 3.8) is 0 Å². The Morgan fingerprint density at radius 3 is 1.91 bits per heavy atom. The zero-order valence-corrected chi connectivity index (χ0v) is 12.0. The van der Waals surface area contributed by atoms with Crippen LogP contribution in [0.2, 0.25) is 0 Å². The van der Waals surface area contributed by atoms with Gasteiger partial charge in [-0.2, -0.15) is 0 Å². The Balaban J connectivity index is 5.32. The molecule has 0 N–H and O–H groups in total. The van der Waals surface area contributed by atoms with E-state index in [0.29, 0.717) is 6.42 Å². The molecule has 0 fully saturated rings. The summed E-state index contributed by atoms with van der Waals surface area (Å²) in [5.41, 5.74) is 21.3. The molecule has 0 heteroatoms. The second-order valence-electron chi connectivity index (χ2n) is 3.03. The van der Waals surface area contributed by atoms with Crippen molar-refractivity contribution >= 4 is 0 Å². The number of terminal acetylenes is 1. The van der Waals surface area contributed by atoms with E-state index in [4.69, 9.17) is 6.42 Å². The summed E-state index contributed by atoms with van der Waals surface area (Å²) in [5, 5.41) is 0. The fraction of sp³-hybridized carbons (Fsp3) is 0.0909. The Labute approximate surface area is 131 Å². The summed E-state index contributed by atoms with van der Waals surface area (Å²) in [6.45, 7) is 5.26. The lowest BCUT2D eigenvalue weighted by Gasteiger charge is -1.80. The summed E-state index contributed by atoms with van der Waals surface area (Å²) >= 11 is 0. The Morgan fingerprint density at radius 2 is 1.32 bits per heavy atom. The van der Waals surface area contributed by atoms with Gasteiger partial charge in [-0.05, 0) is 106 Å². The zero-order valence-electron chi connectivity index (χ0n) is 12.0. The molecule has 0 amide bonds. The molecule has 0 rings (SSSR count). The third-order valence-corrected chi connectivity index (χ3v) is 1.63. The molecule has 0 bridgehead atoms. The van der Waals surface area contributed by atoms with Crippen molar-refractivity contribution in [1.29, 1.82) is 0 Å².